The number of nitrogens with one attached hydrogen (secondary N) is 1. The standard InChI is InChI=1S/C56H41N3/c1-36-20-31-46-43(34-36)29-32-45(53(46)44-30-33-51-49-18-9-8-16-47(49)48-17-10-11-19-50(48)52(51)35-44)39-23-27-42(28-24-39)56-58-54(40-14-6-3-7-15-40)57-55(59-56)41-25-21-38(22-26-41)37-12-4-2-5-13-37/h2-33,35-36,55H,34H2,1H3,(H,57,58,59). The van der Waals surface area contributed by atoms with Crippen LogP contribution in [0.3, 0.4) is 0 Å². The molecule has 3 nitrogen and oxygen atoms in total. The Kier molecular flexibility index (Phi) is 8.59. The molecule has 0 fully saturated rings. The van der Waals surface area contributed by atoms with Crippen LogP contribution in [0.1, 0.15) is 40.9 Å². The summed E-state index contributed by atoms with van der Waals surface area (Å²) in [6.07, 6.45) is 5.47. The summed E-state index contributed by atoms with van der Waals surface area (Å²) < 4.78 is 0. The van der Waals surface area contributed by atoms with E-state index in [1.807, 2.05) is 12.1 Å². The molecule has 3 heteroatoms. The van der Waals surface area contributed by atoms with E-state index in [1.54, 1.807) is 0 Å². The Hall–Kier alpha value is -7.36. The highest BCUT2D eigenvalue weighted by Crippen LogP contribution is 2.43. The van der Waals surface area contributed by atoms with Gasteiger partial charge >= 0.3 is 0 Å². The number of fused-ring (bicyclic) bond motifs is 7. The van der Waals surface area contributed by atoms with Crippen LogP contribution in [0.4, 0.5) is 0 Å². The van der Waals surface area contributed by atoms with Crippen molar-refractivity contribution in [3.8, 4) is 33.4 Å². The Morgan fingerprint density at radius 2 is 1.02 bits per heavy atom. The average molecular weight is 756 g/mol. The van der Waals surface area contributed by atoms with Crippen LogP contribution >= 0.6 is 0 Å². The fourth-order valence-corrected chi connectivity index (χ4v) is 9.10. The SMILES string of the molecule is CC1C=Cc2c(ccc(-c3ccc(C4=NC(c5ccc(-c6ccccc6)cc5)NC(c5ccccc5)=N4)cc3)c2-c2ccc3c4ccccc4c4ccccc4c3c2)C1. The van der Waals surface area contributed by atoms with Crippen molar-refractivity contribution in [3.63, 3.8) is 0 Å². The highest BCUT2D eigenvalue weighted by atomic mass is 15.2. The van der Waals surface area contributed by atoms with Gasteiger partial charge < -0.3 is 5.32 Å². The van der Waals surface area contributed by atoms with Gasteiger partial charge in [0.25, 0.3) is 0 Å². The third-order valence-corrected chi connectivity index (χ3v) is 12.1. The molecule has 1 aliphatic carbocycles. The predicted octanol–water partition coefficient (Wildman–Crippen LogP) is 13.8. The quantitative estimate of drug-likeness (QED) is 0.169. The van der Waals surface area contributed by atoms with Crippen molar-refractivity contribution in [2.75, 3.05) is 0 Å². The molecule has 0 spiro atoms. The van der Waals surface area contributed by atoms with E-state index in [2.05, 4.69) is 200 Å². The normalized spacial score (nSPS) is 16.1. The van der Waals surface area contributed by atoms with E-state index in [4.69, 9.17) is 9.98 Å². The van der Waals surface area contributed by atoms with Crippen LogP contribution in [0, 0.1) is 5.92 Å². The van der Waals surface area contributed by atoms with E-state index in [-0.39, 0.29) is 6.17 Å². The summed E-state index contributed by atoms with van der Waals surface area (Å²) in [5.41, 5.74) is 13.1. The summed E-state index contributed by atoms with van der Waals surface area (Å²) in [5.74, 6) is 2.03. The maximum Gasteiger partial charge on any atom is 0.159 e. The molecule has 0 amide bonds. The fraction of sp³-hybridized carbons (Fsp3) is 0.0714. The first-order valence-corrected chi connectivity index (χ1v) is 20.6. The maximum absolute atomic E-state index is 5.22. The van der Waals surface area contributed by atoms with Gasteiger partial charge in [-0.2, -0.15) is 0 Å². The Morgan fingerprint density at radius 3 is 1.69 bits per heavy atom. The topological polar surface area (TPSA) is 36.8 Å². The van der Waals surface area contributed by atoms with Crippen molar-refractivity contribution in [2.24, 2.45) is 15.9 Å². The first-order valence-electron chi connectivity index (χ1n) is 20.6. The van der Waals surface area contributed by atoms with Gasteiger partial charge in [-0.3, -0.25) is 0 Å². The number of allylic oxidation sites excluding steroid dienone is 1. The molecule has 280 valence electrons. The Balaban J connectivity index is 1.01. The molecular formula is C56H41N3. The second kappa shape index (κ2) is 14.5. The lowest BCUT2D eigenvalue weighted by molar-refractivity contribution is 0.674. The Bertz CT molecular complexity index is 3110. The minimum Gasteiger partial charge on any atom is -0.344 e. The summed E-state index contributed by atoms with van der Waals surface area (Å²) >= 11 is 0. The lowest BCUT2D eigenvalue weighted by atomic mass is 9.81. The zero-order valence-electron chi connectivity index (χ0n) is 32.8. The van der Waals surface area contributed by atoms with Gasteiger partial charge in [0.15, 0.2) is 5.84 Å². The molecule has 1 heterocycles. The van der Waals surface area contributed by atoms with Gasteiger partial charge in [0.2, 0.25) is 0 Å². The van der Waals surface area contributed by atoms with Crippen molar-refractivity contribution in [1.82, 2.24) is 5.32 Å². The van der Waals surface area contributed by atoms with E-state index < -0.39 is 0 Å². The van der Waals surface area contributed by atoms with Gasteiger partial charge in [-0.1, -0.05) is 201 Å². The third kappa shape index (κ3) is 6.32. The molecule has 9 aromatic rings. The van der Waals surface area contributed by atoms with Crippen LogP contribution < -0.4 is 5.32 Å². The summed E-state index contributed by atoms with van der Waals surface area (Å²) in [5, 5.41) is 11.4. The van der Waals surface area contributed by atoms with Crippen LogP contribution in [0.15, 0.2) is 204 Å². The number of benzene rings is 9. The highest BCUT2D eigenvalue weighted by Gasteiger charge is 2.23. The zero-order chi connectivity index (χ0) is 39.3. The summed E-state index contributed by atoms with van der Waals surface area (Å²) in [6.45, 7) is 2.30. The molecule has 2 aliphatic rings. The Labute approximate surface area is 344 Å². The molecule has 0 saturated carbocycles. The van der Waals surface area contributed by atoms with Crippen LogP contribution in [-0.2, 0) is 6.42 Å². The van der Waals surface area contributed by atoms with E-state index in [1.165, 1.54) is 71.3 Å². The first kappa shape index (κ1) is 34.9. The van der Waals surface area contributed by atoms with Gasteiger partial charge in [-0.05, 0) is 101 Å². The molecule has 0 radical (unpaired) electrons. The lowest BCUT2D eigenvalue weighted by Crippen LogP contribution is -2.33. The maximum atomic E-state index is 5.22. The number of nitrogens with zero attached hydrogens (tertiary/aromatic N) is 2. The van der Waals surface area contributed by atoms with Crippen LogP contribution in [0.2, 0.25) is 0 Å². The second-order valence-corrected chi connectivity index (χ2v) is 15.8. The van der Waals surface area contributed by atoms with Gasteiger partial charge in [0.05, 0.1) is 0 Å². The zero-order valence-corrected chi connectivity index (χ0v) is 32.8. The first-order chi connectivity index (χ1) is 29.1. The molecule has 1 N–H and O–H groups in total. The number of rotatable bonds is 6. The predicted molar refractivity (Wildman–Crippen MR) is 249 cm³/mol. The fourth-order valence-electron chi connectivity index (χ4n) is 9.10. The van der Waals surface area contributed by atoms with E-state index >= 15 is 0 Å². The molecule has 0 bridgehead atoms. The molecule has 9 aromatic carbocycles. The van der Waals surface area contributed by atoms with Crippen LogP contribution in [-0.4, -0.2) is 11.7 Å². The molecule has 2 unspecified atom stereocenters. The summed E-state index contributed by atoms with van der Waals surface area (Å²) in [7, 11) is 0. The van der Waals surface area contributed by atoms with Gasteiger partial charge in [-0.25, -0.2) is 9.98 Å². The smallest absolute Gasteiger partial charge is 0.159 e. The van der Waals surface area contributed by atoms with Crippen molar-refractivity contribution in [2.45, 2.75) is 19.5 Å². The van der Waals surface area contributed by atoms with E-state index in [0.717, 1.165) is 34.5 Å². The molecular weight excluding hydrogens is 715 g/mol. The third-order valence-electron chi connectivity index (χ3n) is 12.1. The number of amidine groups is 2. The molecule has 0 aromatic heterocycles. The minimum atomic E-state index is -0.287. The van der Waals surface area contributed by atoms with Gasteiger partial charge in [0.1, 0.15) is 12.0 Å². The number of hydrogen-bond acceptors (Lipinski definition) is 3. The van der Waals surface area contributed by atoms with E-state index in [0.29, 0.717) is 11.8 Å². The highest BCUT2D eigenvalue weighted by molar-refractivity contribution is 6.26. The molecule has 2 atom stereocenters. The van der Waals surface area contributed by atoms with Crippen molar-refractivity contribution in [3.05, 3.63) is 222 Å². The minimum absolute atomic E-state index is 0.287. The molecule has 59 heavy (non-hydrogen) atoms. The van der Waals surface area contributed by atoms with Crippen LogP contribution in [0.25, 0.3) is 71.8 Å². The summed E-state index contributed by atoms with van der Waals surface area (Å²) in [4.78, 5) is 10.3. The van der Waals surface area contributed by atoms with E-state index in [9.17, 15) is 0 Å². The largest absolute Gasteiger partial charge is 0.344 e. The van der Waals surface area contributed by atoms with Gasteiger partial charge in [0, 0.05) is 11.1 Å². The van der Waals surface area contributed by atoms with Crippen molar-refractivity contribution in [1.29, 1.82) is 0 Å². The lowest BCUT2D eigenvalue weighted by Gasteiger charge is -2.24. The molecule has 1 aliphatic heterocycles. The molecule has 11 rings (SSSR count). The van der Waals surface area contributed by atoms with Gasteiger partial charge in [-0.15, -0.1) is 0 Å². The van der Waals surface area contributed by atoms with Crippen LogP contribution in [0.5, 0.6) is 0 Å². The van der Waals surface area contributed by atoms with Crippen molar-refractivity contribution < 1.29 is 0 Å². The number of aliphatic imine (C=N–C) groups is 2. The number of hydrogen-bond donors (Lipinski definition) is 1. The second-order valence-electron chi connectivity index (χ2n) is 15.8. The molecule has 0 saturated heterocycles. The Morgan fingerprint density at radius 1 is 0.475 bits per heavy atom. The average Bonchev–Trinajstić information content (AvgIpc) is 3.31. The van der Waals surface area contributed by atoms with Crippen molar-refractivity contribution >= 4 is 50.1 Å². The monoisotopic (exact) mass is 755 g/mol. The summed E-state index contributed by atoms with van der Waals surface area (Å²) in [6, 6.07) is 67.8.